The van der Waals surface area contributed by atoms with Crippen LogP contribution < -0.4 is 4.74 Å². The molecule has 0 fully saturated rings. The van der Waals surface area contributed by atoms with Crippen molar-refractivity contribution in [2.24, 2.45) is 0 Å². The summed E-state index contributed by atoms with van der Waals surface area (Å²) in [6.45, 7) is 2.16. The van der Waals surface area contributed by atoms with E-state index in [-0.39, 0.29) is 48.9 Å². The molecule has 0 spiro atoms. The molecule has 0 saturated carbocycles. The van der Waals surface area contributed by atoms with Crippen LogP contribution in [0.1, 0.15) is 113 Å². The molecule has 0 atom stereocenters. The maximum atomic E-state index is 15.0. The molecule has 6 aromatic rings. The van der Waals surface area contributed by atoms with Crippen LogP contribution >= 0.6 is 11.8 Å². The Labute approximate surface area is 416 Å². The second-order valence-corrected chi connectivity index (χ2v) is 20.4. The molecule has 24 heteroatoms. The van der Waals surface area contributed by atoms with E-state index in [1.165, 1.54) is 74.2 Å². The topological polar surface area (TPSA) is 171 Å². The van der Waals surface area contributed by atoms with Crippen LogP contribution in [0, 0.1) is 46.5 Å². The highest BCUT2D eigenvalue weighted by molar-refractivity contribution is 7.99. The molecule has 0 aromatic heterocycles. The zero-order valence-corrected chi connectivity index (χ0v) is 40.8. The minimum Gasteiger partial charge on any atom is -0.491 e. The molecule has 2 aliphatic rings. The zero-order valence-electron chi connectivity index (χ0n) is 38.3. The molecule has 0 saturated heterocycles. The number of benzene rings is 6. The number of nitrogens with zero attached hydrogens (tertiary/aromatic N) is 2. The maximum Gasteiger partial charge on any atom is 0.324 e. The van der Waals surface area contributed by atoms with Gasteiger partial charge in [-0.1, -0.05) is 113 Å². The Hall–Kier alpha value is -6.47. The maximum absolute atomic E-state index is 15.0. The smallest absolute Gasteiger partial charge is 0.324 e. The van der Waals surface area contributed by atoms with Gasteiger partial charge < -0.3 is 4.74 Å². The van der Waals surface area contributed by atoms with E-state index < -0.39 is 111 Å². The second-order valence-electron chi connectivity index (χ2n) is 16.3. The molecule has 13 nitrogen and oxygen atoms in total. The number of thioether (sulfide) groups is 1. The van der Waals surface area contributed by atoms with Crippen LogP contribution in [0.2, 0.25) is 0 Å². The third-order valence-electron chi connectivity index (χ3n) is 11.6. The third-order valence-corrected chi connectivity index (χ3v) is 15.2. The van der Waals surface area contributed by atoms with Crippen molar-refractivity contribution in [2.45, 2.75) is 85.8 Å². The van der Waals surface area contributed by atoms with Crippen molar-refractivity contribution < 1.29 is 84.4 Å². The average Bonchev–Trinajstić information content (AvgIpc) is 3.36. The number of amides is 4. The van der Waals surface area contributed by atoms with Gasteiger partial charge in [0.05, 0.1) is 34.3 Å². The van der Waals surface area contributed by atoms with Gasteiger partial charge in [0.1, 0.15) is 0 Å². The van der Waals surface area contributed by atoms with Gasteiger partial charge in [-0.3, -0.25) is 19.2 Å². The fourth-order valence-electron chi connectivity index (χ4n) is 8.11. The lowest BCUT2D eigenvalue weighted by molar-refractivity contribution is -0.0162. The van der Waals surface area contributed by atoms with Crippen molar-refractivity contribution in [1.29, 1.82) is 0 Å². The monoisotopic (exact) mass is 1080 g/mol. The number of methoxy groups -OCH3 is 1. The Morgan fingerprint density at radius 2 is 0.767 bits per heavy atom. The number of ether oxygens (including phenoxy) is 1. The van der Waals surface area contributed by atoms with Crippen molar-refractivity contribution >= 4 is 77.2 Å². The van der Waals surface area contributed by atoms with Crippen LogP contribution in [0.3, 0.4) is 0 Å². The number of unbranched alkanes of at least 4 members (excludes halogenated alkanes) is 9. The van der Waals surface area contributed by atoms with E-state index >= 15 is 0 Å². The molecule has 8 rings (SSSR count). The van der Waals surface area contributed by atoms with Crippen molar-refractivity contribution in [3.8, 4) is 5.75 Å². The lowest BCUT2D eigenvalue weighted by atomic mass is 9.95. The number of rotatable bonds is 19. The molecule has 73 heavy (non-hydrogen) atoms. The quantitative estimate of drug-likeness (QED) is 0.0248. The first-order valence-electron chi connectivity index (χ1n) is 22.3. The van der Waals surface area contributed by atoms with Gasteiger partial charge in [-0.15, -0.1) is 30.5 Å². The normalized spacial score (nSPS) is 13.6. The SMILES string of the molecule is CCCCCCCCCCCCSc1c(F)c(F)c(S(=O)(=O)ON2C(=O)c3cccc4cccc(c34)C2=O)c(F)c1F.COc1c(F)c(F)c(S(=O)(=O)ON2C(=O)c3cccc4cccc(c34)C2=O)c(F)c1F. The number of hydroxylamine groups is 4. The Kier molecular flexibility index (Phi) is 16.6. The van der Waals surface area contributed by atoms with Crippen LogP contribution in [-0.2, 0) is 28.8 Å². The highest BCUT2D eigenvalue weighted by atomic mass is 32.2. The van der Waals surface area contributed by atoms with Gasteiger partial charge in [0, 0.05) is 10.8 Å². The molecule has 0 N–H and O–H groups in total. The number of halogens is 8. The molecule has 2 aliphatic heterocycles. The third kappa shape index (κ3) is 10.5. The molecule has 2 heterocycles. The predicted octanol–water partition coefficient (Wildman–Crippen LogP) is 11.6. The largest absolute Gasteiger partial charge is 0.491 e. The number of carbonyl (C=O) groups is 4. The molecule has 0 aliphatic carbocycles. The summed E-state index contributed by atoms with van der Waals surface area (Å²) in [5.41, 5.74) is -0.461. The average molecular weight is 1080 g/mol. The van der Waals surface area contributed by atoms with Crippen LogP contribution in [0.5, 0.6) is 5.75 Å². The summed E-state index contributed by atoms with van der Waals surface area (Å²) in [6, 6.07) is 17.5. The summed E-state index contributed by atoms with van der Waals surface area (Å²) >= 11 is 0.540. The van der Waals surface area contributed by atoms with E-state index in [1.807, 2.05) is 0 Å². The molecule has 386 valence electrons. The van der Waals surface area contributed by atoms with Crippen molar-refractivity contribution in [1.82, 2.24) is 10.1 Å². The first-order chi connectivity index (χ1) is 34.7. The van der Waals surface area contributed by atoms with Crippen LogP contribution in [-0.4, -0.2) is 63.5 Å². The molecule has 4 amide bonds. The van der Waals surface area contributed by atoms with Crippen LogP contribution in [0.25, 0.3) is 21.5 Å². The molecular weight excluding hydrogens is 1040 g/mol. The summed E-state index contributed by atoms with van der Waals surface area (Å²) in [5, 5.41) is 1.04. The summed E-state index contributed by atoms with van der Waals surface area (Å²) in [5.74, 6) is -23.5. The van der Waals surface area contributed by atoms with Gasteiger partial charge >= 0.3 is 20.2 Å². The summed E-state index contributed by atoms with van der Waals surface area (Å²) in [7, 11) is -10.7. The predicted molar refractivity (Wildman–Crippen MR) is 247 cm³/mol. The van der Waals surface area contributed by atoms with Gasteiger partial charge in [0.15, 0.2) is 50.4 Å². The van der Waals surface area contributed by atoms with Gasteiger partial charge in [0.2, 0.25) is 11.6 Å². The lowest BCUT2D eigenvalue weighted by Crippen LogP contribution is -2.42. The molecular formula is C49H40F8N2O11S3. The number of hydrogen-bond donors (Lipinski definition) is 0. The molecule has 0 radical (unpaired) electrons. The number of hydrogen-bond acceptors (Lipinski definition) is 12. The zero-order chi connectivity index (χ0) is 53.1. The second kappa shape index (κ2) is 22.3. The molecule has 0 unspecified atom stereocenters. The van der Waals surface area contributed by atoms with E-state index in [2.05, 4.69) is 20.2 Å². The summed E-state index contributed by atoms with van der Waals surface area (Å²) < 4.78 is 180. The lowest BCUT2D eigenvalue weighted by Gasteiger charge is -2.25. The molecule has 0 bridgehead atoms. The fraction of sp³-hybridized carbons (Fsp3) is 0.265. The van der Waals surface area contributed by atoms with Crippen molar-refractivity contribution in [2.75, 3.05) is 12.9 Å². The highest BCUT2D eigenvalue weighted by Crippen LogP contribution is 2.38. The number of carbonyl (C=O) groups excluding carboxylic acids is 4. The van der Waals surface area contributed by atoms with E-state index in [1.54, 1.807) is 24.3 Å². The standard InChI is InChI=1S/C30H31F4NO5S2.C19H9F4NO6S/c1-2-3-4-5-6-7-8-9-10-11-18-41-27-23(31)25(33)28(26(34)24(27)32)42(38,39)40-35-29(36)20-16-12-14-19-15-13-17-21(22(19)20)30(35)37;1-29-16-12(20)14(22)17(15(23)13(16)21)31(27,28)30-24-18(25)9-6-2-4-8-5-3-7-10(11(8)9)19(24)26/h12-17H,2-11,18H2,1H3;2-7H,1H3. The summed E-state index contributed by atoms with van der Waals surface area (Å²) in [6.07, 6.45) is 10.4. The first kappa shape index (κ1) is 54.3. The van der Waals surface area contributed by atoms with E-state index in [0.29, 0.717) is 36.1 Å². The van der Waals surface area contributed by atoms with Gasteiger partial charge in [-0.2, -0.15) is 25.6 Å². The Morgan fingerprint density at radius 1 is 0.452 bits per heavy atom. The van der Waals surface area contributed by atoms with Crippen LogP contribution in [0.15, 0.2) is 87.5 Å². The highest BCUT2D eigenvalue weighted by Gasteiger charge is 2.43. The van der Waals surface area contributed by atoms with E-state index in [4.69, 9.17) is 0 Å². The Morgan fingerprint density at radius 3 is 1.10 bits per heavy atom. The Bertz CT molecular complexity index is 3290. The van der Waals surface area contributed by atoms with Gasteiger partial charge in [0.25, 0.3) is 23.6 Å². The Balaban J connectivity index is 0.000000223. The summed E-state index contributed by atoms with van der Waals surface area (Å²) in [4.78, 5) is 46.0. The van der Waals surface area contributed by atoms with Gasteiger partial charge in [-0.05, 0) is 47.2 Å². The van der Waals surface area contributed by atoms with Gasteiger partial charge in [-0.25, -0.2) is 26.3 Å². The van der Waals surface area contributed by atoms with E-state index in [9.17, 15) is 71.1 Å². The number of imide groups is 2. The molecule has 6 aromatic carbocycles. The van der Waals surface area contributed by atoms with Crippen molar-refractivity contribution in [3.63, 3.8) is 0 Å². The van der Waals surface area contributed by atoms with Crippen LogP contribution in [0.4, 0.5) is 35.1 Å². The fourth-order valence-corrected chi connectivity index (χ4v) is 11.1. The van der Waals surface area contributed by atoms with E-state index in [0.717, 1.165) is 32.1 Å². The minimum atomic E-state index is -5.73. The minimum absolute atomic E-state index is 0.102. The van der Waals surface area contributed by atoms with Crippen molar-refractivity contribution in [3.05, 3.63) is 142 Å². The first-order valence-corrected chi connectivity index (χ1v) is 26.1.